The summed E-state index contributed by atoms with van der Waals surface area (Å²) >= 11 is 0. The molecule has 0 radical (unpaired) electrons. The second-order valence-electron chi connectivity index (χ2n) is 6.48. The van der Waals surface area contributed by atoms with Crippen LogP contribution in [-0.4, -0.2) is 30.5 Å². The van der Waals surface area contributed by atoms with Crippen LogP contribution in [0.4, 0.5) is 30.5 Å². The van der Waals surface area contributed by atoms with Crippen molar-refractivity contribution in [2.24, 2.45) is 0 Å². The van der Waals surface area contributed by atoms with Gasteiger partial charge in [0.2, 0.25) is 11.7 Å². The minimum atomic E-state index is -4.58. The van der Waals surface area contributed by atoms with Crippen LogP contribution in [0.25, 0.3) is 17.0 Å². The van der Waals surface area contributed by atoms with Crippen molar-refractivity contribution in [3.8, 4) is 11.5 Å². The average molecular weight is 427 g/mol. The van der Waals surface area contributed by atoms with E-state index in [0.29, 0.717) is 29.3 Å². The van der Waals surface area contributed by atoms with E-state index in [0.717, 1.165) is 6.07 Å². The molecule has 4 heterocycles. The van der Waals surface area contributed by atoms with Crippen molar-refractivity contribution in [3.05, 3.63) is 60.6 Å². The van der Waals surface area contributed by atoms with E-state index >= 15 is 0 Å². The van der Waals surface area contributed by atoms with E-state index in [2.05, 4.69) is 30.7 Å². The van der Waals surface area contributed by atoms with Gasteiger partial charge in [-0.05, 0) is 30.3 Å². The second kappa shape index (κ2) is 8.01. The third kappa shape index (κ3) is 4.44. The van der Waals surface area contributed by atoms with Crippen LogP contribution < -0.4 is 10.6 Å². The molecule has 0 saturated heterocycles. The summed E-state index contributed by atoms with van der Waals surface area (Å²) < 4.78 is 40.6. The SMILES string of the molecule is CCC(=O)Nc1cc(Nc2nc(-c3cccc(C(F)(F)F)n3)nn3cccc23)ccn1. The Bertz CT molecular complexity index is 1250. The van der Waals surface area contributed by atoms with Crippen LogP contribution in [0.1, 0.15) is 19.0 Å². The van der Waals surface area contributed by atoms with Crippen molar-refractivity contribution in [1.82, 2.24) is 24.6 Å². The van der Waals surface area contributed by atoms with E-state index in [1.165, 1.54) is 22.8 Å². The number of hydrogen-bond acceptors (Lipinski definition) is 6. The maximum absolute atomic E-state index is 13.1. The fraction of sp³-hybridized carbons (Fsp3) is 0.150. The molecule has 4 rings (SSSR count). The van der Waals surface area contributed by atoms with E-state index in [9.17, 15) is 18.0 Å². The summed E-state index contributed by atoms with van der Waals surface area (Å²) in [6.45, 7) is 1.73. The van der Waals surface area contributed by atoms with E-state index < -0.39 is 11.9 Å². The molecule has 158 valence electrons. The molecule has 0 aliphatic rings. The van der Waals surface area contributed by atoms with Crippen LogP contribution in [-0.2, 0) is 11.0 Å². The van der Waals surface area contributed by atoms with Crippen LogP contribution in [0.2, 0.25) is 0 Å². The zero-order valence-corrected chi connectivity index (χ0v) is 16.2. The zero-order valence-electron chi connectivity index (χ0n) is 16.2. The van der Waals surface area contributed by atoms with Crippen molar-refractivity contribution >= 4 is 28.7 Å². The average Bonchev–Trinajstić information content (AvgIpc) is 3.22. The summed E-state index contributed by atoms with van der Waals surface area (Å²) in [7, 11) is 0. The number of aromatic nitrogens is 5. The quantitative estimate of drug-likeness (QED) is 0.493. The van der Waals surface area contributed by atoms with Gasteiger partial charge in [-0.3, -0.25) is 4.79 Å². The Morgan fingerprint density at radius 3 is 2.74 bits per heavy atom. The second-order valence-corrected chi connectivity index (χ2v) is 6.48. The van der Waals surface area contributed by atoms with Gasteiger partial charge < -0.3 is 10.6 Å². The minimum Gasteiger partial charge on any atom is -0.338 e. The Kier molecular flexibility index (Phi) is 5.24. The van der Waals surface area contributed by atoms with Gasteiger partial charge in [-0.2, -0.15) is 13.2 Å². The number of fused-ring (bicyclic) bond motifs is 1. The van der Waals surface area contributed by atoms with Crippen LogP contribution in [0.15, 0.2) is 54.9 Å². The summed E-state index contributed by atoms with van der Waals surface area (Å²) in [5, 5.41) is 10.0. The molecule has 2 N–H and O–H groups in total. The minimum absolute atomic E-state index is 0.0147. The van der Waals surface area contributed by atoms with Gasteiger partial charge in [0.15, 0.2) is 5.82 Å². The molecule has 0 bridgehead atoms. The number of hydrogen-bond donors (Lipinski definition) is 2. The molecule has 0 aromatic carbocycles. The van der Waals surface area contributed by atoms with Gasteiger partial charge in [-0.1, -0.05) is 13.0 Å². The van der Waals surface area contributed by atoms with Gasteiger partial charge in [0, 0.05) is 30.6 Å². The van der Waals surface area contributed by atoms with Gasteiger partial charge in [-0.15, -0.1) is 5.10 Å². The van der Waals surface area contributed by atoms with Crippen molar-refractivity contribution < 1.29 is 18.0 Å². The Morgan fingerprint density at radius 2 is 1.97 bits per heavy atom. The normalized spacial score (nSPS) is 11.5. The lowest BCUT2D eigenvalue weighted by atomic mass is 10.3. The topological polar surface area (TPSA) is 97.1 Å². The summed E-state index contributed by atoms with van der Waals surface area (Å²) in [5.41, 5.74) is 0.137. The maximum atomic E-state index is 13.1. The Morgan fingerprint density at radius 1 is 1.13 bits per heavy atom. The van der Waals surface area contributed by atoms with Gasteiger partial charge >= 0.3 is 6.18 Å². The Labute approximate surface area is 174 Å². The first-order chi connectivity index (χ1) is 14.8. The molecule has 0 atom stereocenters. The van der Waals surface area contributed by atoms with Crippen LogP contribution in [0, 0.1) is 0 Å². The maximum Gasteiger partial charge on any atom is 0.433 e. The number of alkyl halides is 3. The highest BCUT2D eigenvalue weighted by Gasteiger charge is 2.32. The Hall–Kier alpha value is -4.02. The molecule has 0 aliphatic carbocycles. The number of nitrogens with one attached hydrogen (secondary N) is 2. The number of halogens is 3. The first kappa shape index (κ1) is 20.3. The number of carbonyl (C=O) groups excluding carboxylic acids is 1. The third-order valence-corrected chi connectivity index (χ3v) is 4.27. The van der Waals surface area contributed by atoms with Crippen molar-refractivity contribution in [2.45, 2.75) is 19.5 Å². The Balaban J connectivity index is 1.72. The molecule has 0 unspecified atom stereocenters. The lowest BCUT2D eigenvalue weighted by Gasteiger charge is -2.11. The van der Waals surface area contributed by atoms with Gasteiger partial charge in [0.25, 0.3) is 0 Å². The van der Waals surface area contributed by atoms with E-state index in [4.69, 9.17) is 0 Å². The lowest BCUT2D eigenvalue weighted by Crippen LogP contribution is -2.11. The number of carbonyl (C=O) groups is 1. The summed E-state index contributed by atoms with van der Waals surface area (Å²) in [4.78, 5) is 23.7. The van der Waals surface area contributed by atoms with Crippen molar-refractivity contribution in [2.75, 3.05) is 10.6 Å². The molecule has 0 aliphatic heterocycles. The first-order valence-corrected chi connectivity index (χ1v) is 9.26. The monoisotopic (exact) mass is 427 g/mol. The number of pyridine rings is 2. The number of nitrogens with zero attached hydrogens (tertiary/aromatic N) is 5. The lowest BCUT2D eigenvalue weighted by molar-refractivity contribution is -0.141. The van der Waals surface area contributed by atoms with Gasteiger partial charge in [0.1, 0.15) is 22.7 Å². The molecule has 4 aromatic rings. The number of amides is 1. The van der Waals surface area contributed by atoms with E-state index in [1.54, 1.807) is 37.4 Å². The van der Waals surface area contributed by atoms with Crippen molar-refractivity contribution in [1.29, 1.82) is 0 Å². The highest BCUT2D eigenvalue weighted by Crippen LogP contribution is 2.29. The molecular weight excluding hydrogens is 411 g/mol. The number of rotatable bonds is 5. The third-order valence-electron chi connectivity index (χ3n) is 4.27. The molecule has 31 heavy (non-hydrogen) atoms. The highest BCUT2D eigenvalue weighted by atomic mass is 19.4. The van der Waals surface area contributed by atoms with Crippen LogP contribution in [0.3, 0.4) is 0 Å². The molecule has 0 spiro atoms. The molecule has 0 saturated carbocycles. The molecule has 0 fully saturated rings. The fourth-order valence-corrected chi connectivity index (χ4v) is 2.80. The van der Waals surface area contributed by atoms with Crippen LogP contribution >= 0.6 is 0 Å². The molecule has 8 nitrogen and oxygen atoms in total. The standard InChI is InChI=1S/C20H16F3N7O/c1-2-17(31)27-16-11-12(8-9-24-16)25-19-14-6-4-10-30(14)29-18(28-19)13-5-3-7-15(26-13)20(21,22)23/h3-11H,2H2,1H3,(H2,24,25,27,28,29,31). The van der Waals surface area contributed by atoms with Crippen LogP contribution in [0.5, 0.6) is 0 Å². The number of anilines is 3. The molecule has 1 amide bonds. The highest BCUT2D eigenvalue weighted by molar-refractivity contribution is 5.90. The van der Waals surface area contributed by atoms with Gasteiger partial charge in [-0.25, -0.2) is 19.5 Å². The smallest absolute Gasteiger partial charge is 0.338 e. The summed E-state index contributed by atoms with van der Waals surface area (Å²) in [6, 6.07) is 10.3. The predicted molar refractivity (Wildman–Crippen MR) is 108 cm³/mol. The predicted octanol–water partition coefficient (Wildman–Crippen LogP) is 4.30. The summed E-state index contributed by atoms with van der Waals surface area (Å²) in [5.74, 6) is 0.551. The molecular formula is C20H16F3N7O. The summed E-state index contributed by atoms with van der Waals surface area (Å²) in [6.07, 6.45) is -1.10. The van der Waals surface area contributed by atoms with Gasteiger partial charge in [0.05, 0.1) is 0 Å². The molecule has 11 heteroatoms. The van der Waals surface area contributed by atoms with E-state index in [1.807, 2.05) is 0 Å². The van der Waals surface area contributed by atoms with Crippen molar-refractivity contribution in [3.63, 3.8) is 0 Å². The molecule has 4 aromatic heterocycles. The largest absolute Gasteiger partial charge is 0.433 e. The van der Waals surface area contributed by atoms with E-state index in [-0.39, 0.29) is 17.4 Å². The first-order valence-electron chi connectivity index (χ1n) is 9.26. The zero-order chi connectivity index (χ0) is 22.0. The fourth-order valence-electron chi connectivity index (χ4n) is 2.80.